The highest BCUT2D eigenvalue weighted by atomic mass is 16.5. The highest BCUT2D eigenvalue weighted by molar-refractivity contribution is 5.93. The van der Waals surface area contributed by atoms with Crippen LogP contribution in [0.4, 0.5) is 5.69 Å². The van der Waals surface area contributed by atoms with Crippen LogP contribution in [0.2, 0.25) is 0 Å². The van der Waals surface area contributed by atoms with E-state index in [1.54, 1.807) is 12.3 Å². The molecule has 3 N–H and O–H groups in total. The lowest BCUT2D eigenvalue weighted by Gasteiger charge is -2.09. The SMILES string of the molecule is CCn1cc(N)cc1C(=O)NCCOC(C)C. The minimum atomic E-state index is -0.115. The predicted molar refractivity (Wildman–Crippen MR) is 67.9 cm³/mol. The van der Waals surface area contributed by atoms with Gasteiger partial charge in [-0.1, -0.05) is 0 Å². The van der Waals surface area contributed by atoms with Crippen LogP contribution in [0.25, 0.3) is 0 Å². The van der Waals surface area contributed by atoms with E-state index in [9.17, 15) is 4.79 Å². The zero-order valence-corrected chi connectivity index (χ0v) is 10.7. The number of aromatic nitrogens is 1. The molecule has 1 aromatic heterocycles. The fraction of sp³-hybridized carbons (Fsp3) is 0.583. The van der Waals surface area contributed by atoms with E-state index in [0.29, 0.717) is 24.5 Å². The second kappa shape index (κ2) is 6.30. The maximum atomic E-state index is 11.8. The topological polar surface area (TPSA) is 69.3 Å². The quantitative estimate of drug-likeness (QED) is 0.734. The van der Waals surface area contributed by atoms with Crippen molar-refractivity contribution in [1.82, 2.24) is 9.88 Å². The molecule has 0 bridgehead atoms. The summed E-state index contributed by atoms with van der Waals surface area (Å²) in [6.45, 7) is 7.65. The van der Waals surface area contributed by atoms with Gasteiger partial charge in [0.1, 0.15) is 5.69 Å². The number of nitrogens with two attached hydrogens (primary N) is 1. The van der Waals surface area contributed by atoms with Crippen molar-refractivity contribution in [2.24, 2.45) is 0 Å². The monoisotopic (exact) mass is 239 g/mol. The first-order chi connectivity index (χ1) is 8.04. The van der Waals surface area contributed by atoms with Crippen LogP contribution in [0, 0.1) is 0 Å². The first-order valence-corrected chi connectivity index (χ1v) is 5.90. The fourth-order valence-electron chi connectivity index (χ4n) is 1.53. The number of nitrogen functional groups attached to an aromatic ring is 1. The minimum Gasteiger partial charge on any atom is -0.397 e. The fourth-order valence-corrected chi connectivity index (χ4v) is 1.53. The van der Waals surface area contributed by atoms with Crippen molar-refractivity contribution >= 4 is 11.6 Å². The third-order valence-corrected chi connectivity index (χ3v) is 2.33. The molecule has 0 spiro atoms. The van der Waals surface area contributed by atoms with Crippen LogP contribution in [-0.2, 0) is 11.3 Å². The van der Waals surface area contributed by atoms with Crippen LogP contribution < -0.4 is 11.1 Å². The second-order valence-electron chi connectivity index (χ2n) is 4.12. The molecule has 0 saturated heterocycles. The van der Waals surface area contributed by atoms with Crippen molar-refractivity contribution in [3.05, 3.63) is 18.0 Å². The number of amides is 1. The van der Waals surface area contributed by atoms with Crippen LogP contribution in [0.3, 0.4) is 0 Å². The molecule has 0 atom stereocenters. The molecule has 1 rings (SSSR count). The number of rotatable bonds is 6. The second-order valence-corrected chi connectivity index (χ2v) is 4.12. The summed E-state index contributed by atoms with van der Waals surface area (Å²) in [6, 6.07) is 1.68. The summed E-state index contributed by atoms with van der Waals surface area (Å²) >= 11 is 0. The van der Waals surface area contributed by atoms with Gasteiger partial charge in [-0.15, -0.1) is 0 Å². The molecule has 0 unspecified atom stereocenters. The molecule has 1 heterocycles. The van der Waals surface area contributed by atoms with Gasteiger partial charge in [0.15, 0.2) is 0 Å². The van der Waals surface area contributed by atoms with Crippen LogP contribution in [0.5, 0.6) is 0 Å². The number of hydrogen-bond donors (Lipinski definition) is 2. The molecule has 0 aliphatic rings. The Labute approximate surface area is 102 Å². The molecule has 0 saturated carbocycles. The summed E-state index contributed by atoms with van der Waals surface area (Å²) < 4.78 is 7.17. The van der Waals surface area contributed by atoms with Gasteiger partial charge in [0.2, 0.25) is 0 Å². The van der Waals surface area contributed by atoms with Gasteiger partial charge >= 0.3 is 0 Å². The zero-order valence-electron chi connectivity index (χ0n) is 10.7. The highest BCUT2D eigenvalue weighted by Gasteiger charge is 2.11. The third-order valence-electron chi connectivity index (χ3n) is 2.33. The molecule has 0 aliphatic heterocycles. The first-order valence-electron chi connectivity index (χ1n) is 5.90. The van der Waals surface area contributed by atoms with Crippen molar-refractivity contribution in [3.8, 4) is 0 Å². The van der Waals surface area contributed by atoms with Crippen LogP contribution in [0.1, 0.15) is 31.3 Å². The van der Waals surface area contributed by atoms with E-state index in [4.69, 9.17) is 10.5 Å². The molecule has 5 nitrogen and oxygen atoms in total. The molecule has 0 aromatic carbocycles. The van der Waals surface area contributed by atoms with Gasteiger partial charge in [0.25, 0.3) is 5.91 Å². The molecule has 0 aliphatic carbocycles. The predicted octanol–water partition coefficient (Wildman–Crippen LogP) is 1.24. The van der Waals surface area contributed by atoms with Crippen LogP contribution in [0.15, 0.2) is 12.3 Å². The molecule has 0 fully saturated rings. The van der Waals surface area contributed by atoms with Crippen molar-refractivity contribution < 1.29 is 9.53 Å². The number of nitrogens with zero attached hydrogens (tertiary/aromatic N) is 1. The first kappa shape index (κ1) is 13.6. The highest BCUT2D eigenvalue weighted by Crippen LogP contribution is 2.10. The number of nitrogens with one attached hydrogen (secondary N) is 1. The van der Waals surface area contributed by atoms with Gasteiger partial charge in [0.05, 0.1) is 18.4 Å². The standard InChI is InChI=1S/C12H21N3O2/c1-4-15-8-10(13)7-11(15)12(16)14-5-6-17-9(2)3/h7-9H,4-6,13H2,1-3H3,(H,14,16). The third kappa shape index (κ3) is 4.11. The summed E-state index contributed by atoms with van der Waals surface area (Å²) in [6.07, 6.45) is 1.95. The van der Waals surface area contributed by atoms with Gasteiger partial charge in [0, 0.05) is 19.3 Å². The molecule has 17 heavy (non-hydrogen) atoms. The van der Waals surface area contributed by atoms with E-state index in [1.165, 1.54) is 0 Å². The summed E-state index contributed by atoms with van der Waals surface area (Å²) in [7, 11) is 0. The normalized spacial score (nSPS) is 10.8. The molecule has 96 valence electrons. The zero-order chi connectivity index (χ0) is 12.8. The van der Waals surface area contributed by atoms with E-state index >= 15 is 0 Å². The van der Waals surface area contributed by atoms with Crippen molar-refractivity contribution in [1.29, 1.82) is 0 Å². The maximum absolute atomic E-state index is 11.8. The Kier molecular flexibility index (Phi) is 5.03. The number of hydrogen-bond acceptors (Lipinski definition) is 3. The van der Waals surface area contributed by atoms with Crippen molar-refractivity contribution in [2.75, 3.05) is 18.9 Å². The Hall–Kier alpha value is -1.49. The summed E-state index contributed by atoms with van der Waals surface area (Å²) in [5, 5.41) is 2.80. The average molecular weight is 239 g/mol. The van der Waals surface area contributed by atoms with Crippen LogP contribution >= 0.6 is 0 Å². The number of aryl methyl sites for hydroxylation is 1. The van der Waals surface area contributed by atoms with Gasteiger partial charge in [-0.05, 0) is 26.8 Å². The molecule has 0 radical (unpaired) electrons. The van der Waals surface area contributed by atoms with Crippen molar-refractivity contribution in [3.63, 3.8) is 0 Å². The Morgan fingerprint density at radius 2 is 2.29 bits per heavy atom. The lowest BCUT2D eigenvalue weighted by Crippen LogP contribution is -2.29. The minimum absolute atomic E-state index is 0.115. The summed E-state index contributed by atoms with van der Waals surface area (Å²) in [4.78, 5) is 11.8. The summed E-state index contributed by atoms with van der Waals surface area (Å²) in [5.41, 5.74) is 6.86. The van der Waals surface area contributed by atoms with Gasteiger partial charge < -0.3 is 20.4 Å². The maximum Gasteiger partial charge on any atom is 0.268 e. The average Bonchev–Trinajstić information content (AvgIpc) is 2.65. The van der Waals surface area contributed by atoms with E-state index < -0.39 is 0 Å². The lowest BCUT2D eigenvalue weighted by molar-refractivity contribution is 0.0743. The van der Waals surface area contributed by atoms with Gasteiger partial charge in [-0.2, -0.15) is 0 Å². The molecule has 5 heteroatoms. The lowest BCUT2D eigenvalue weighted by atomic mass is 10.3. The molecule has 1 aromatic rings. The Morgan fingerprint density at radius 3 is 2.88 bits per heavy atom. The largest absolute Gasteiger partial charge is 0.397 e. The Balaban J connectivity index is 2.46. The van der Waals surface area contributed by atoms with E-state index in [1.807, 2.05) is 25.3 Å². The summed E-state index contributed by atoms with van der Waals surface area (Å²) in [5.74, 6) is -0.115. The molecular formula is C12H21N3O2. The number of anilines is 1. The van der Waals surface area contributed by atoms with Gasteiger partial charge in [-0.3, -0.25) is 4.79 Å². The van der Waals surface area contributed by atoms with Crippen LogP contribution in [-0.4, -0.2) is 29.7 Å². The van der Waals surface area contributed by atoms with E-state index in [-0.39, 0.29) is 12.0 Å². The smallest absolute Gasteiger partial charge is 0.268 e. The van der Waals surface area contributed by atoms with Crippen molar-refractivity contribution in [2.45, 2.75) is 33.4 Å². The molecular weight excluding hydrogens is 218 g/mol. The Morgan fingerprint density at radius 1 is 1.59 bits per heavy atom. The van der Waals surface area contributed by atoms with E-state index in [0.717, 1.165) is 6.54 Å². The number of ether oxygens (including phenoxy) is 1. The van der Waals surface area contributed by atoms with E-state index in [2.05, 4.69) is 5.32 Å². The van der Waals surface area contributed by atoms with Gasteiger partial charge in [-0.25, -0.2) is 0 Å². The Bertz CT molecular complexity index is 372. The number of carbonyl (C=O) groups is 1. The number of carbonyl (C=O) groups excluding carboxylic acids is 1. The molecule has 1 amide bonds.